The molecule has 8 heteroatoms. The van der Waals surface area contributed by atoms with Crippen molar-refractivity contribution in [3.05, 3.63) is 29.0 Å². The Balaban J connectivity index is 1.84. The molecule has 1 saturated heterocycles. The van der Waals surface area contributed by atoms with E-state index in [1.165, 1.54) is 18.4 Å². The van der Waals surface area contributed by atoms with Crippen LogP contribution in [0.3, 0.4) is 0 Å². The van der Waals surface area contributed by atoms with Gasteiger partial charge in [0.05, 0.1) is 12.9 Å². The lowest BCUT2D eigenvalue weighted by atomic mass is 9.80. The second-order valence-corrected chi connectivity index (χ2v) is 7.45. The minimum Gasteiger partial charge on any atom is -0.481 e. The van der Waals surface area contributed by atoms with Crippen LogP contribution in [0.2, 0.25) is 0 Å². The molecule has 3 heterocycles. The van der Waals surface area contributed by atoms with Gasteiger partial charge in [0.25, 0.3) is 5.91 Å². The molecule has 134 valence electrons. The molecular weight excluding hydrogens is 344 g/mol. The smallest absolute Gasteiger partial charge is 0.313 e. The van der Waals surface area contributed by atoms with Crippen LogP contribution in [-0.4, -0.2) is 53.7 Å². The number of furan rings is 1. The van der Waals surface area contributed by atoms with E-state index in [-0.39, 0.29) is 19.1 Å². The van der Waals surface area contributed by atoms with Gasteiger partial charge >= 0.3 is 5.97 Å². The van der Waals surface area contributed by atoms with Crippen molar-refractivity contribution in [1.29, 1.82) is 0 Å². The van der Waals surface area contributed by atoms with Crippen molar-refractivity contribution in [2.24, 2.45) is 5.41 Å². The maximum atomic E-state index is 12.9. The summed E-state index contributed by atoms with van der Waals surface area (Å²) in [6, 6.07) is 3.56. The Labute approximate surface area is 149 Å². The molecule has 3 rings (SSSR count). The number of carboxylic acids is 1. The van der Waals surface area contributed by atoms with Crippen LogP contribution in [0.15, 0.2) is 22.8 Å². The topological polar surface area (TPSA) is 92.9 Å². The van der Waals surface area contributed by atoms with E-state index < -0.39 is 11.4 Å². The van der Waals surface area contributed by atoms with E-state index in [0.29, 0.717) is 35.8 Å². The number of thiazole rings is 1. The molecule has 1 unspecified atom stereocenters. The van der Waals surface area contributed by atoms with Gasteiger partial charge in [-0.05, 0) is 31.9 Å². The summed E-state index contributed by atoms with van der Waals surface area (Å²) in [6.07, 6.45) is 2.67. The number of aliphatic carboxylic acids is 1. The fraction of sp³-hybridized carbons (Fsp3) is 0.471. The zero-order valence-corrected chi connectivity index (χ0v) is 15.0. The lowest BCUT2D eigenvalue weighted by molar-refractivity contribution is -0.155. The third kappa shape index (κ3) is 3.32. The lowest BCUT2D eigenvalue weighted by Gasteiger charge is -2.39. The number of hydrogen-bond acceptors (Lipinski definition) is 6. The van der Waals surface area contributed by atoms with Crippen molar-refractivity contribution < 1.29 is 23.8 Å². The molecule has 2 aromatic heterocycles. The molecular formula is C17H20N2O5S. The summed E-state index contributed by atoms with van der Waals surface area (Å²) in [7, 11) is 1.48. The molecule has 0 radical (unpaired) electrons. The zero-order chi connectivity index (χ0) is 18.0. The third-order valence-corrected chi connectivity index (χ3v) is 5.45. The van der Waals surface area contributed by atoms with Gasteiger partial charge in [-0.2, -0.15) is 0 Å². The highest BCUT2D eigenvalue weighted by Crippen LogP contribution is 2.33. The summed E-state index contributed by atoms with van der Waals surface area (Å²) < 4.78 is 10.5. The van der Waals surface area contributed by atoms with Crippen LogP contribution in [0, 0.1) is 12.3 Å². The van der Waals surface area contributed by atoms with E-state index in [0.717, 1.165) is 4.88 Å². The summed E-state index contributed by atoms with van der Waals surface area (Å²) in [5.74, 6) is -0.559. The van der Waals surface area contributed by atoms with Gasteiger partial charge in [0.2, 0.25) is 0 Å². The molecule has 25 heavy (non-hydrogen) atoms. The summed E-state index contributed by atoms with van der Waals surface area (Å²) in [4.78, 5) is 31.5. The van der Waals surface area contributed by atoms with Gasteiger partial charge in [-0.1, -0.05) is 0 Å². The Morgan fingerprint density at radius 1 is 1.52 bits per heavy atom. The maximum absolute atomic E-state index is 12.9. The number of aromatic nitrogens is 1. The number of hydrogen-bond donors (Lipinski definition) is 1. The van der Waals surface area contributed by atoms with E-state index in [1.807, 2.05) is 6.92 Å². The van der Waals surface area contributed by atoms with Gasteiger partial charge in [-0.25, -0.2) is 4.98 Å². The molecule has 0 saturated carbocycles. The molecule has 2 aromatic rings. The van der Waals surface area contributed by atoms with Crippen molar-refractivity contribution in [3.63, 3.8) is 0 Å². The summed E-state index contributed by atoms with van der Waals surface area (Å²) >= 11 is 1.39. The first kappa shape index (κ1) is 17.6. The zero-order valence-electron chi connectivity index (χ0n) is 14.2. The normalized spacial score (nSPS) is 20.6. The van der Waals surface area contributed by atoms with Crippen LogP contribution < -0.4 is 0 Å². The van der Waals surface area contributed by atoms with Crippen LogP contribution in [0.4, 0.5) is 0 Å². The van der Waals surface area contributed by atoms with E-state index in [9.17, 15) is 14.7 Å². The number of nitrogens with zero attached hydrogens (tertiary/aromatic N) is 2. The molecule has 1 aliphatic rings. The average Bonchev–Trinajstić information content (AvgIpc) is 3.24. The number of carbonyl (C=O) groups excluding carboxylic acids is 1. The molecule has 0 spiro atoms. The van der Waals surface area contributed by atoms with Gasteiger partial charge in [0, 0.05) is 25.1 Å². The van der Waals surface area contributed by atoms with Crippen LogP contribution in [-0.2, 0) is 9.53 Å². The number of amides is 1. The van der Waals surface area contributed by atoms with Gasteiger partial charge in [-0.3, -0.25) is 9.59 Å². The number of carbonyl (C=O) groups is 2. The Morgan fingerprint density at radius 3 is 2.96 bits per heavy atom. The largest absolute Gasteiger partial charge is 0.481 e. The summed E-state index contributed by atoms with van der Waals surface area (Å²) in [5, 5.41) is 10.3. The second-order valence-electron chi connectivity index (χ2n) is 6.25. The molecule has 0 bridgehead atoms. The highest BCUT2D eigenvalue weighted by Gasteiger charge is 2.44. The molecule has 1 N–H and O–H groups in total. The number of rotatable bonds is 5. The summed E-state index contributed by atoms with van der Waals surface area (Å²) in [5.41, 5.74) is -0.703. The van der Waals surface area contributed by atoms with Gasteiger partial charge < -0.3 is 19.2 Å². The number of methoxy groups -OCH3 is 1. The second kappa shape index (κ2) is 6.97. The Kier molecular flexibility index (Phi) is 4.91. The highest BCUT2D eigenvalue weighted by molar-refractivity contribution is 7.15. The maximum Gasteiger partial charge on any atom is 0.313 e. The molecule has 0 aliphatic carbocycles. The van der Waals surface area contributed by atoms with E-state index >= 15 is 0 Å². The molecule has 1 amide bonds. The molecule has 1 atom stereocenters. The number of likely N-dealkylation sites (tertiary alicyclic amines) is 1. The fourth-order valence-corrected chi connectivity index (χ4v) is 4.06. The lowest BCUT2D eigenvalue weighted by Crippen LogP contribution is -2.52. The fourth-order valence-electron chi connectivity index (χ4n) is 3.19. The monoisotopic (exact) mass is 364 g/mol. The quantitative estimate of drug-likeness (QED) is 0.877. The Bertz CT molecular complexity index is 766. The van der Waals surface area contributed by atoms with Crippen LogP contribution >= 0.6 is 11.3 Å². The SMILES string of the molecule is COCC1(C(=O)O)CCCN(C(=O)c2nc(-c3ccco3)sc2C)C1. The van der Waals surface area contributed by atoms with Gasteiger partial charge in [0.15, 0.2) is 10.8 Å². The first-order chi connectivity index (χ1) is 12.0. The third-order valence-electron chi connectivity index (χ3n) is 4.47. The van der Waals surface area contributed by atoms with Crippen molar-refractivity contribution in [1.82, 2.24) is 9.88 Å². The Morgan fingerprint density at radius 2 is 2.32 bits per heavy atom. The van der Waals surface area contributed by atoms with Crippen molar-refractivity contribution in [2.45, 2.75) is 19.8 Å². The molecule has 7 nitrogen and oxygen atoms in total. The standard InChI is InChI=1S/C17H20N2O5S/c1-11-13(18-14(25-11)12-5-3-8-24-12)15(20)19-7-4-6-17(9-19,10-23-2)16(21)22/h3,5,8H,4,6-7,9-10H2,1-2H3,(H,21,22). The van der Waals surface area contributed by atoms with Crippen LogP contribution in [0.1, 0.15) is 28.2 Å². The van der Waals surface area contributed by atoms with Gasteiger partial charge in [-0.15, -0.1) is 11.3 Å². The van der Waals surface area contributed by atoms with Crippen LogP contribution in [0.5, 0.6) is 0 Å². The minimum absolute atomic E-state index is 0.0831. The summed E-state index contributed by atoms with van der Waals surface area (Å²) in [6.45, 7) is 2.56. The minimum atomic E-state index is -1.06. The van der Waals surface area contributed by atoms with Crippen molar-refractivity contribution in [2.75, 3.05) is 26.8 Å². The first-order valence-corrected chi connectivity index (χ1v) is 8.81. The average molecular weight is 364 g/mol. The highest BCUT2D eigenvalue weighted by atomic mass is 32.1. The number of carboxylic acid groups (broad SMARTS) is 1. The van der Waals surface area contributed by atoms with E-state index in [1.54, 1.807) is 23.3 Å². The molecule has 0 aromatic carbocycles. The molecule has 1 aliphatic heterocycles. The predicted molar refractivity (Wildman–Crippen MR) is 91.6 cm³/mol. The Hall–Kier alpha value is -2.19. The van der Waals surface area contributed by atoms with E-state index in [4.69, 9.17) is 9.15 Å². The van der Waals surface area contributed by atoms with Gasteiger partial charge in [0.1, 0.15) is 11.1 Å². The predicted octanol–water partition coefficient (Wildman–Crippen LogP) is 2.66. The van der Waals surface area contributed by atoms with E-state index in [2.05, 4.69) is 4.98 Å². The number of aryl methyl sites for hydroxylation is 1. The number of piperidine rings is 1. The van der Waals surface area contributed by atoms with Crippen molar-refractivity contribution >= 4 is 23.2 Å². The molecule has 1 fully saturated rings. The van der Waals surface area contributed by atoms with Crippen LogP contribution in [0.25, 0.3) is 10.8 Å². The van der Waals surface area contributed by atoms with Crippen molar-refractivity contribution in [3.8, 4) is 10.8 Å². The number of ether oxygens (including phenoxy) is 1. The first-order valence-electron chi connectivity index (χ1n) is 8.00.